The first-order valence-electron chi connectivity index (χ1n) is 5.06. The van der Waals surface area contributed by atoms with Crippen LogP contribution in [0.25, 0.3) is 0 Å². The van der Waals surface area contributed by atoms with Crippen LogP contribution < -0.4 is 10.6 Å². The van der Waals surface area contributed by atoms with Crippen LogP contribution >= 0.6 is 11.8 Å². The second kappa shape index (κ2) is 6.62. The van der Waals surface area contributed by atoms with E-state index >= 15 is 0 Å². The maximum absolute atomic E-state index is 11.8. The van der Waals surface area contributed by atoms with Gasteiger partial charge in [-0.3, -0.25) is 4.79 Å². The quantitative estimate of drug-likeness (QED) is 0.685. The normalized spacial score (nSPS) is 13.0. The smallest absolute Gasteiger partial charge is 0.405 e. The Morgan fingerprint density at radius 2 is 1.94 bits per heavy atom. The number of thioether (sulfide) groups is 1. The highest BCUT2D eigenvalue weighted by Crippen LogP contribution is 2.04. The predicted octanol–water partition coefficient (Wildman–Crippen LogP) is 1.29. The Bertz CT molecular complexity index is 251. The van der Waals surface area contributed by atoms with Crippen LogP contribution in [0.4, 0.5) is 4.79 Å². The van der Waals surface area contributed by atoms with Crippen LogP contribution in [0.15, 0.2) is 0 Å². The van der Waals surface area contributed by atoms with Gasteiger partial charge < -0.3 is 15.7 Å². The molecule has 2 amide bonds. The van der Waals surface area contributed by atoms with E-state index in [9.17, 15) is 9.59 Å². The standard InChI is InChI=1S/C10H20N2O3S/c1-10(2,3)12-8(13)7(5-6-16-4)11-9(14)15/h7,11H,5-6H2,1-4H3,(H,12,13)(H,14,15). The minimum absolute atomic E-state index is 0.274. The fourth-order valence-corrected chi connectivity index (χ4v) is 1.58. The maximum Gasteiger partial charge on any atom is 0.405 e. The Morgan fingerprint density at radius 1 is 1.38 bits per heavy atom. The van der Waals surface area contributed by atoms with Crippen molar-refractivity contribution in [2.45, 2.75) is 38.8 Å². The SMILES string of the molecule is CSCCC(NC(=O)O)C(=O)NC(C)(C)C. The molecule has 0 aromatic rings. The molecule has 0 aromatic heterocycles. The van der Waals surface area contributed by atoms with Gasteiger partial charge in [0.2, 0.25) is 5.91 Å². The van der Waals surface area contributed by atoms with E-state index in [-0.39, 0.29) is 11.4 Å². The summed E-state index contributed by atoms with van der Waals surface area (Å²) >= 11 is 1.58. The van der Waals surface area contributed by atoms with Gasteiger partial charge in [0.05, 0.1) is 0 Å². The Hall–Kier alpha value is -0.910. The van der Waals surface area contributed by atoms with Crippen molar-refractivity contribution in [3.63, 3.8) is 0 Å². The van der Waals surface area contributed by atoms with Crippen LogP contribution in [0.3, 0.4) is 0 Å². The van der Waals surface area contributed by atoms with Crippen molar-refractivity contribution in [2.24, 2.45) is 0 Å². The van der Waals surface area contributed by atoms with Gasteiger partial charge in [-0.05, 0) is 39.2 Å². The van der Waals surface area contributed by atoms with E-state index in [0.717, 1.165) is 5.75 Å². The van der Waals surface area contributed by atoms with Crippen molar-refractivity contribution >= 4 is 23.8 Å². The third kappa shape index (κ3) is 7.39. The lowest BCUT2D eigenvalue weighted by atomic mass is 10.1. The van der Waals surface area contributed by atoms with Crippen LogP contribution in [0, 0.1) is 0 Å². The molecule has 0 aliphatic heterocycles. The van der Waals surface area contributed by atoms with Gasteiger partial charge in [0.15, 0.2) is 0 Å². The summed E-state index contributed by atoms with van der Waals surface area (Å²) < 4.78 is 0. The number of nitrogens with one attached hydrogen (secondary N) is 2. The number of amides is 2. The van der Waals surface area contributed by atoms with E-state index < -0.39 is 12.1 Å². The van der Waals surface area contributed by atoms with Crippen LogP contribution in [0.5, 0.6) is 0 Å². The lowest BCUT2D eigenvalue weighted by Gasteiger charge is -2.24. The second-order valence-corrected chi connectivity index (χ2v) is 5.51. The molecule has 0 aromatic carbocycles. The highest BCUT2D eigenvalue weighted by molar-refractivity contribution is 7.98. The van der Waals surface area contributed by atoms with Crippen LogP contribution in [-0.2, 0) is 4.79 Å². The van der Waals surface area contributed by atoms with E-state index in [1.54, 1.807) is 11.8 Å². The molecular weight excluding hydrogens is 228 g/mol. The van der Waals surface area contributed by atoms with Crippen molar-refractivity contribution in [2.75, 3.05) is 12.0 Å². The molecule has 0 aliphatic rings. The molecule has 1 unspecified atom stereocenters. The molecule has 0 spiro atoms. The zero-order chi connectivity index (χ0) is 12.8. The fourth-order valence-electron chi connectivity index (χ4n) is 1.11. The van der Waals surface area contributed by atoms with E-state index in [0.29, 0.717) is 6.42 Å². The molecule has 0 radical (unpaired) electrons. The van der Waals surface area contributed by atoms with Gasteiger partial charge in [-0.15, -0.1) is 0 Å². The van der Waals surface area contributed by atoms with Crippen LogP contribution in [-0.4, -0.2) is 40.7 Å². The van der Waals surface area contributed by atoms with Crippen molar-refractivity contribution in [3.05, 3.63) is 0 Å². The van der Waals surface area contributed by atoms with Gasteiger partial charge in [0.25, 0.3) is 0 Å². The first kappa shape index (κ1) is 15.1. The average Bonchev–Trinajstić information content (AvgIpc) is 2.08. The summed E-state index contributed by atoms with van der Waals surface area (Å²) in [6, 6.07) is -0.677. The Labute approximate surface area is 100 Å². The first-order valence-corrected chi connectivity index (χ1v) is 6.46. The van der Waals surface area contributed by atoms with E-state index in [4.69, 9.17) is 5.11 Å². The summed E-state index contributed by atoms with van der Waals surface area (Å²) in [6.45, 7) is 5.58. The van der Waals surface area contributed by atoms with Crippen molar-refractivity contribution in [1.82, 2.24) is 10.6 Å². The van der Waals surface area contributed by atoms with E-state index in [2.05, 4.69) is 10.6 Å². The largest absolute Gasteiger partial charge is 0.465 e. The Balaban J connectivity index is 4.37. The topological polar surface area (TPSA) is 78.4 Å². The van der Waals surface area contributed by atoms with Crippen molar-refractivity contribution < 1.29 is 14.7 Å². The molecule has 6 heteroatoms. The number of carbonyl (C=O) groups is 2. The van der Waals surface area contributed by atoms with Gasteiger partial charge in [-0.25, -0.2) is 4.79 Å². The highest BCUT2D eigenvalue weighted by Gasteiger charge is 2.23. The summed E-state index contributed by atoms with van der Waals surface area (Å²) in [5.74, 6) is 0.464. The molecule has 0 bridgehead atoms. The Morgan fingerprint density at radius 3 is 2.31 bits per heavy atom. The predicted molar refractivity (Wildman–Crippen MR) is 65.8 cm³/mol. The van der Waals surface area contributed by atoms with Gasteiger partial charge in [-0.1, -0.05) is 0 Å². The monoisotopic (exact) mass is 248 g/mol. The highest BCUT2D eigenvalue weighted by atomic mass is 32.2. The average molecular weight is 248 g/mol. The summed E-state index contributed by atoms with van der Waals surface area (Å²) in [5.41, 5.74) is -0.352. The molecule has 5 nitrogen and oxygen atoms in total. The van der Waals surface area contributed by atoms with Gasteiger partial charge >= 0.3 is 6.09 Å². The minimum Gasteiger partial charge on any atom is -0.465 e. The molecule has 0 heterocycles. The minimum atomic E-state index is -1.17. The Kier molecular flexibility index (Phi) is 6.25. The van der Waals surface area contributed by atoms with E-state index in [1.165, 1.54) is 0 Å². The molecule has 0 rings (SSSR count). The number of rotatable bonds is 5. The second-order valence-electron chi connectivity index (χ2n) is 4.52. The fraction of sp³-hybridized carbons (Fsp3) is 0.800. The molecule has 3 N–H and O–H groups in total. The van der Waals surface area contributed by atoms with Gasteiger partial charge in [0, 0.05) is 5.54 Å². The van der Waals surface area contributed by atoms with E-state index in [1.807, 2.05) is 27.0 Å². The van der Waals surface area contributed by atoms with Crippen molar-refractivity contribution in [3.8, 4) is 0 Å². The zero-order valence-corrected chi connectivity index (χ0v) is 11.0. The molecule has 0 fully saturated rings. The summed E-state index contributed by atoms with van der Waals surface area (Å²) in [7, 11) is 0. The summed E-state index contributed by atoms with van der Waals surface area (Å²) in [4.78, 5) is 22.3. The first-order chi connectivity index (χ1) is 7.26. The number of carbonyl (C=O) groups excluding carboxylic acids is 1. The number of carboxylic acid groups (broad SMARTS) is 1. The van der Waals surface area contributed by atoms with Crippen LogP contribution in [0.2, 0.25) is 0 Å². The number of hydrogen-bond acceptors (Lipinski definition) is 3. The molecule has 16 heavy (non-hydrogen) atoms. The molecule has 0 saturated heterocycles. The molecule has 0 aliphatic carbocycles. The lowest BCUT2D eigenvalue weighted by Crippen LogP contribution is -2.52. The summed E-state index contributed by atoms with van der Waals surface area (Å²) in [5, 5.41) is 13.6. The number of hydrogen-bond donors (Lipinski definition) is 3. The zero-order valence-electron chi connectivity index (χ0n) is 10.2. The van der Waals surface area contributed by atoms with Crippen molar-refractivity contribution in [1.29, 1.82) is 0 Å². The molecule has 94 valence electrons. The summed E-state index contributed by atoms with van der Waals surface area (Å²) in [6.07, 6.45) is 1.24. The third-order valence-corrected chi connectivity index (χ3v) is 2.37. The molecule has 1 atom stereocenters. The maximum atomic E-state index is 11.8. The molecular formula is C10H20N2O3S. The van der Waals surface area contributed by atoms with Gasteiger partial charge in [0.1, 0.15) is 6.04 Å². The lowest BCUT2D eigenvalue weighted by molar-refractivity contribution is -0.124. The van der Waals surface area contributed by atoms with Crippen LogP contribution in [0.1, 0.15) is 27.2 Å². The molecule has 0 saturated carbocycles. The van der Waals surface area contributed by atoms with Gasteiger partial charge in [-0.2, -0.15) is 11.8 Å². The third-order valence-electron chi connectivity index (χ3n) is 1.72.